The van der Waals surface area contributed by atoms with Crippen LogP contribution in [0.25, 0.3) is 5.57 Å². The van der Waals surface area contributed by atoms with Crippen LogP contribution < -0.4 is 16.0 Å². The lowest BCUT2D eigenvalue weighted by Gasteiger charge is -2.34. The average Bonchev–Trinajstić information content (AvgIpc) is 2.98. The minimum absolute atomic E-state index is 0.352. The van der Waals surface area contributed by atoms with E-state index in [9.17, 15) is 15.3 Å². The summed E-state index contributed by atoms with van der Waals surface area (Å²) in [5.41, 5.74) is 6.69. The van der Waals surface area contributed by atoms with Gasteiger partial charge in [-0.1, -0.05) is 0 Å². The molecule has 0 spiro atoms. The van der Waals surface area contributed by atoms with Gasteiger partial charge in [0.2, 0.25) is 0 Å². The molecule has 4 heterocycles. The summed E-state index contributed by atoms with van der Waals surface area (Å²) < 4.78 is 5.71. The van der Waals surface area contributed by atoms with Gasteiger partial charge in [0.05, 0.1) is 12.2 Å². The number of hydrogen-bond acceptors (Lipinski definition) is 9. The van der Waals surface area contributed by atoms with Crippen LogP contribution in [0.1, 0.15) is 12.5 Å². The highest BCUT2D eigenvalue weighted by atomic mass is 16.6. The van der Waals surface area contributed by atoms with E-state index in [2.05, 4.69) is 15.3 Å². The molecular weight excluding hydrogens is 314 g/mol. The number of nitrogens with zero attached hydrogens (tertiary/aromatic N) is 3. The molecule has 0 radical (unpaired) electrons. The second-order valence-electron chi connectivity index (χ2n) is 6.34. The van der Waals surface area contributed by atoms with Crippen molar-refractivity contribution in [1.29, 1.82) is 0 Å². The molecule has 1 aromatic rings. The first-order valence-corrected chi connectivity index (χ1v) is 7.65. The molecule has 4 rings (SSSR count). The van der Waals surface area contributed by atoms with Gasteiger partial charge in [-0.05, 0) is 13.0 Å². The van der Waals surface area contributed by atoms with Crippen molar-refractivity contribution in [3.8, 4) is 0 Å². The van der Waals surface area contributed by atoms with Crippen LogP contribution in [-0.4, -0.2) is 62.5 Å². The number of allylic oxidation sites excluding steroid dienone is 1. The molecule has 1 fully saturated rings. The summed E-state index contributed by atoms with van der Waals surface area (Å²) in [7, 11) is 0. The molecule has 3 aliphatic rings. The third-order valence-electron chi connectivity index (χ3n) is 4.78. The lowest BCUT2D eigenvalue weighted by molar-refractivity contribution is -0.0627. The minimum Gasteiger partial charge on any atom is -0.398 e. The maximum absolute atomic E-state index is 10.7. The van der Waals surface area contributed by atoms with Crippen LogP contribution in [0.3, 0.4) is 0 Å². The van der Waals surface area contributed by atoms with Crippen molar-refractivity contribution in [3.05, 3.63) is 29.9 Å². The second-order valence-corrected chi connectivity index (χ2v) is 6.34. The number of aromatic nitrogens is 2. The van der Waals surface area contributed by atoms with Gasteiger partial charge < -0.3 is 36.0 Å². The van der Waals surface area contributed by atoms with E-state index in [-0.39, 0.29) is 0 Å². The van der Waals surface area contributed by atoms with E-state index >= 15 is 0 Å². The average molecular weight is 333 g/mol. The van der Waals surface area contributed by atoms with Crippen molar-refractivity contribution in [2.45, 2.75) is 31.0 Å². The summed E-state index contributed by atoms with van der Waals surface area (Å²) in [6.45, 7) is 1.44. The Bertz CT molecular complexity index is 747. The van der Waals surface area contributed by atoms with Gasteiger partial charge in [0.1, 0.15) is 35.8 Å². The third kappa shape index (κ3) is 1.96. The van der Waals surface area contributed by atoms with Crippen LogP contribution in [0.2, 0.25) is 0 Å². The van der Waals surface area contributed by atoms with Crippen LogP contribution in [-0.2, 0) is 4.74 Å². The monoisotopic (exact) mass is 333 g/mol. The van der Waals surface area contributed by atoms with Gasteiger partial charge in [0.15, 0.2) is 6.23 Å². The predicted octanol–water partition coefficient (Wildman–Crippen LogP) is -1.27. The van der Waals surface area contributed by atoms with Gasteiger partial charge in [0, 0.05) is 24.0 Å². The number of aliphatic hydroxyl groups is 3. The Kier molecular flexibility index (Phi) is 3.29. The molecule has 0 saturated carbocycles. The molecule has 9 nitrogen and oxygen atoms in total. The fraction of sp³-hybridized carbons (Fsp3) is 0.467. The maximum atomic E-state index is 10.7. The van der Waals surface area contributed by atoms with Crippen LogP contribution in [0.15, 0.2) is 24.3 Å². The standard InChI is InChI=1S/C15H19N5O4/c1-15(23)11(22)9(5-21)24-14(15)20-4-7-8(16)2-3-17-12-10(7)13(20)19-6-18-12/h2-3,6,9,11,14,21-23H,4-5,16H2,1H3,(H,17,18,19)/t9-,11-,14-,15-/m1/s1. The largest absolute Gasteiger partial charge is 0.398 e. The zero-order chi connectivity index (χ0) is 17.1. The molecule has 24 heavy (non-hydrogen) atoms. The first-order valence-electron chi connectivity index (χ1n) is 7.65. The number of anilines is 2. The van der Waals surface area contributed by atoms with Crippen LogP contribution in [0.4, 0.5) is 11.6 Å². The molecule has 0 aromatic carbocycles. The summed E-state index contributed by atoms with van der Waals surface area (Å²) in [6, 6.07) is 0. The number of aliphatic hydroxyl groups excluding tert-OH is 2. The fourth-order valence-electron chi connectivity index (χ4n) is 3.48. The number of hydrogen-bond donors (Lipinski definition) is 5. The molecule has 0 amide bonds. The van der Waals surface area contributed by atoms with E-state index in [0.29, 0.717) is 23.9 Å². The highest BCUT2D eigenvalue weighted by Gasteiger charge is 2.56. The highest BCUT2D eigenvalue weighted by molar-refractivity contribution is 5.92. The van der Waals surface area contributed by atoms with Crippen molar-refractivity contribution in [2.24, 2.45) is 5.73 Å². The smallest absolute Gasteiger partial charge is 0.163 e. The first kappa shape index (κ1) is 15.3. The molecule has 6 N–H and O–H groups in total. The molecule has 3 aliphatic heterocycles. The topological polar surface area (TPSA) is 137 Å². The Balaban J connectivity index is 1.81. The molecule has 0 unspecified atom stereocenters. The Morgan fingerprint density at radius 2 is 2.29 bits per heavy atom. The normalized spacial score (nSPS) is 34.3. The Morgan fingerprint density at radius 1 is 1.50 bits per heavy atom. The van der Waals surface area contributed by atoms with E-state index in [4.69, 9.17) is 10.5 Å². The third-order valence-corrected chi connectivity index (χ3v) is 4.78. The zero-order valence-corrected chi connectivity index (χ0v) is 13.0. The van der Waals surface area contributed by atoms with E-state index in [1.807, 2.05) is 0 Å². The van der Waals surface area contributed by atoms with E-state index in [1.165, 1.54) is 13.3 Å². The fourth-order valence-corrected chi connectivity index (χ4v) is 3.48. The van der Waals surface area contributed by atoms with E-state index in [0.717, 1.165) is 11.1 Å². The Labute approximate surface area is 138 Å². The summed E-state index contributed by atoms with van der Waals surface area (Å²) in [5.74, 6) is 1.18. The molecule has 0 aliphatic carbocycles. The van der Waals surface area contributed by atoms with E-state index in [1.54, 1.807) is 17.2 Å². The van der Waals surface area contributed by atoms with Gasteiger partial charge in [0.25, 0.3) is 0 Å². The summed E-state index contributed by atoms with van der Waals surface area (Å²) in [5, 5.41) is 33.4. The SMILES string of the molecule is C[C@@]1(O)[C@H](O)[C@@H](CO)O[C@H]1N1CC2=C(N)C=CNc3ncnc1c32. The van der Waals surface area contributed by atoms with E-state index < -0.39 is 30.6 Å². The van der Waals surface area contributed by atoms with Crippen molar-refractivity contribution in [1.82, 2.24) is 9.97 Å². The molecule has 1 saturated heterocycles. The summed E-state index contributed by atoms with van der Waals surface area (Å²) in [6.07, 6.45) is 1.90. The van der Waals surface area contributed by atoms with Crippen LogP contribution >= 0.6 is 0 Å². The van der Waals surface area contributed by atoms with Gasteiger partial charge in [-0.15, -0.1) is 0 Å². The summed E-state index contributed by atoms with van der Waals surface area (Å²) in [4.78, 5) is 10.3. The predicted molar refractivity (Wildman–Crippen MR) is 85.6 cm³/mol. The van der Waals surface area contributed by atoms with Gasteiger partial charge >= 0.3 is 0 Å². The summed E-state index contributed by atoms with van der Waals surface area (Å²) >= 11 is 0. The van der Waals surface area contributed by atoms with Crippen molar-refractivity contribution < 1.29 is 20.1 Å². The zero-order valence-electron chi connectivity index (χ0n) is 13.0. The number of nitrogens with one attached hydrogen (secondary N) is 1. The van der Waals surface area contributed by atoms with Crippen molar-refractivity contribution in [2.75, 3.05) is 23.4 Å². The quantitative estimate of drug-likeness (QED) is 0.449. The molecule has 4 atom stereocenters. The Hall–Kier alpha value is -2.20. The van der Waals surface area contributed by atoms with Crippen molar-refractivity contribution in [3.63, 3.8) is 0 Å². The molecule has 128 valence electrons. The maximum Gasteiger partial charge on any atom is 0.163 e. The number of rotatable bonds is 2. The lowest BCUT2D eigenvalue weighted by atomic mass is 9.96. The number of ether oxygens (including phenoxy) is 1. The molecule has 9 heteroatoms. The first-order chi connectivity index (χ1) is 11.4. The molecular formula is C15H19N5O4. The van der Waals surface area contributed by atoms with Gasteiger partial charge in [-0.2, -0.15) is 0 Å². The molecule has 1 aromatic heterocycles. The Morgan fingerprint density at radius 3 is 3.00 bits per heavy atom. The minimum atomic E-state index is -1.58. The van der Waals surface area contributed by atoms with Crippen molar-refractivity contribution >= 4 is 17.2 Å². The highest BCUT2D eigenvalue weighted by Crippen LogP contribution is 2.45. The second kappa shape index (κ2) is 5.15. The van der Waals surface area contributed by atoms with Crippen LogP contribution in [0, 0.1) is 0 Å². The van der Waals surface area contributed by atoms with Gasteiger partial charge in [-0.3, -0.25) is 0 Å². The lowest BCUT2D eigenvalue weighted by Crippen LogP contribution is -2.53. The number of nitrogens with two attached hydrogens (primary N) is 1. The molecule has 0 bridgehead atoms. The van der Waals surface area contributed by atoms with Gasteiger partial charge in [-0.25, -0.2) is 9.97 Å². The van der Waals surface area contributed by atoms with Crippen LogP contribution in [0.5, 0.6) is 0 Å².